The van der Waals surface area contributed by atoms with Gasteiger partial charge < -0.3 is 11.1 Å². The third-order valence-corrected chi connectivity index (χ3v) is 3.08. The monoisotopic (exact) mass is 238 g/mol. The molecule has 0 radical (unpaired) electrons. The lowest BCUT2D eigenvalue weighted by atomic mass is 10.2. The molecule has 1 aromatic carbocycles. The van der Waals surface area contributed by atoms with Gasteiger partial charge in [0.25, 0.3) is 5.91 Å². The first-order valence-electron chi connectivity index (χ1n) is 5.46. The smallest absolute Gasteiger partial charge is 0.251 e. The molecule has 3 N–H and O–H groups in total. The van der Waals surface area contributed by atoms with Crippen molar-refractivity contribution >= 4 is 17.5 Å². The van der Waals surface area contributed by atoms with Gasteiger partial charge in [-0.15, -0.1) is 0 Å². The number of hydrogen-bond acceptors (Lipinski definition) is 2. The summed E-state index contributed by atoms with van der Waals surface area (Å²) in [7, 11) is 0. The van der Waals surface area contributed by atoms with Crippen LogP contribution in [-0.4, -0.2) is 18.5 Å². The van der Waals surface area contributed by atoms with Gasteiger partial charge in [0.1, 0.15) is 0 Å². The molecule has 1 saturated carbocycles. The quantitative estimate of drug-likeness (QED) is 0.841. The number of benzene rings is 1. The van der Waals surface area contributed by atoms with Crippen LogP contribution in [0.3, 0.4) is 0 Å². The molecule has 0 heterocycles. The standard InChI is InChI=1S/C12H15ClN2O/c13-10-5-3-9(4-6-10)12(16)15-7-11(14)8-1-2-8/h3-6,8,11H,1-2,7,14H2,(H,15,16). The van der Waals surface area contributed by atoms with Crippen molar-refractivity contribution in [2.45, 2.75) is 18.9 Å². The molecule has 86 valence electrons. The predicted molar refractivity (Wildman–Crippen MR) is 64.5 cm³/mol. The van der Waals surface area contributed by atoms with Gasteiger partial charge in [0.05, 0.1) is 0 Å². The van der Waals surface area contributed by atoms with Crippen molar-refractivity contribution in [2.24, 2.45) is 11.7 Å². The van der Waals surface area contributed by atoms with Crippen LogP contribution < -0.4 is 11.1 Å². The maximum atomic E-state index is 11.7. The number of nitrogens with two attached hydrogens (primary N) is 1. The van der Waals surface area contributed by atoms with Crippen LogP contribution >= 0.6 is 11.6 Å². The highest BCUT2D eigenvalue weighted by Crippen LogP contribution is 2.31. The van der Waals surface area contributed by atoms with Gasteiger partial charge >= 0.3 is 0 Å². The van der Waals surface area contributed by atoms with Crippen LogP contribution in [-0.2, 0) is 0 Å². The Morgan fingerprint density at radius 2 is 2.06 bits per heavy atom. The molecule has 1 fully saturated rings. The van der Waals surface area contributed by atoms with Gasteiger partial charge in [-0.3, -0.25) is 4.79 Å². The molecule has 0 aliphatic heterocycles. The number of hydrogen-bond donors (Lipinski definition) is 2. The molecular formula is C12H15ClN2O. The summed E-state index contributed by atoms with van der Waals surface area (Å²) < 4.78 is 0. The highest BCUT2D eigenvalue weighted by atomic mass is 35.5. The summed E-state index contributed by atoms with van der Waals surface area (Å²) in [4.78, 5) is 11.7. The minimum Gasteiger partial charge on any atom is -0.350 e. The van der Waals surface area contributed by atoms with Crippen LogP contribution in [0.5, 0.6) is 0 Å². The van der Waals surface area contributed by atoms with Crippen LogP contribution in [0.2, 0.25) is 5.02 Å². The molecule has 0 bridgehead atoms. The molecule has 1 atom stereocenters. The minimum absolute atomic E-state index is 0.0900. The molecule has 3 nitrogen and oxygen atoms in total. The zero-order chi connectivity index (χ0) is 11.5. The molecule has 1 unspecified atom stereocenters. The summed E-state index contributed by atoms with van der Waals surface area (Å²) in [5.74, 6) is 0.512. The van der Waals surface area contributed by atoms with Gasteiger partial charge in [0, 0.05) is 23.2 Å². The third-order valence-electron chi connectivity index (χ3n) is 2.83. The average Bonchev–Trinajstić information content (AvgIpc) is 3.10. The van der Waals surface area contributed by atoms with Crippen molar-refractivity contribution in [3.63, 3.8) is 0 Å². The summed E-state index contributed by atoms with van der Waals surface area (Å²) in [6.07, 6.45) is 2.38. The molecule has 16 heavy (non-hydrogen) atoms. The van der Waals surface area contributed by atoms with Crippen molar-refractivity contribution in [2.75, 3.05) is 6.54 Å². The molecule has 0 spiro atoms. The van der Waals surface area contributed by atoms with Gasteiger partial charge in [-0.2, -0.15) is 0 Å². The van der Waals surface area contributed by atoms with E-state index >= 15 is 0 Å². The first-order chi connectivity index (χ1) is 7.66. The average molecular weight is 239 g/mol. The number of halogens is 1. The Labute approximate surface area is 100.0 Å². The largest absolute Gasteiger partial charge is 0.350 e. The van der Waals surface area contributed by atoms with Crippen molar-refractivity contribution in [1.29, 1.82) is 0 Å². The Morgan fingerprint density at radius 3 is 2.62 bits per heavy atom. The fourth-order valence-electron chi connectivity index (χ4n) is 1.60. The van der Waals surface area contributed by atoms with E-state index in [2.05, 4.69) is 5.32 Å². The van der Waals surface area contributed by atoms with E-state index in [0.29, 0.717) is 23.0 Å². The van der Waals surface area contributed by atoms with E-state index in [1.807, 2.05) is 0 Å². The van der Waals surface area contributed by atoms with E-state index in [4.69, 9.17) is 17.3 Å². The molecule has 1 aliphatic rings. The Hall–Kier alpha value is -1.06. The summed E-state index contributed by atoms with van der Waals surface area (Å²) in [5.41, 5.74) is 6.51. The maximum Gasteiger partial charge on any atom is 0.251 e. The second-order valence-electron chi connectivity index (χ2n) is 4.22. The van der Waals surface area contributed by atoms with Crippen LogP contribution in [0.15, 0.2) is 24.3 Å². The maximum absolute atomic E-state index is 11.7. The minimum atomic E-state index is -0.0900. The van der Waals surface area contributed by atoms with E-state index < -0.39 is 0 Å². The second kappa shape index (κ2) is 4.85. The summed E-state index contributed by atoms with van der Waals surface area (Å²) >= 11 is 5.74. The van der Waals surface area contributed by atoms with E-state index in [1.165, 1.54) is 12.8 Å². The summed E-state index contributed by atoms with van der Waals surface area (Å²) in [6, 6.07) is 6.92. The van der Waals surface area contributed by atoms with Crippen LogP contribution in [0.1, 0.15) is 23.2 Å². The Kier molecular flexibility index (Phi) is 3.46. The lowest BCUT2D eigenvalue weighted by Crippen LogP contribution is -2.38. The lowest BCUT2D eigenvalue weighted by Gasteiger charge is -2.11. The molecule has 0 aromatic heterocycles. The number of nitrogens with one attached hydrogen (secondary N) is 1. The van der Waals surface area contributed by atoms with Crippen molar-refractivity contribution in [3.8, 4) is 0 Å². The van der Waals surface area contributed by atoms with Gasteiger partial charge in [-0.25, -0.2) is 0 Å². The van der Waals surface area contributed by atoms with Crippen molar-refractivity contribution in [1.82, 2.24) is 5.32 Å². The van der Waals surface area contributed by atoms with Crippen LogP contribution in [0.4, 0.5) is 0 Å². The highest BCUT2D eigenvalue weighted by Gasteiger charge is 2.28. The Bertz CT molecular complexity index is 373. The van der Waals surface area contributed by atoms with Crippen molar-refractivity contribution < 1.29 is 4.79 Å². The Balaban J connectivity index is 1.85. The molecular weight excluding hydrogens is 224 g/mol. The lowest BCUT2D eigenvalue weighted by molar-refractivity contribution is 0.0950. The number of carbonyl (C=O) groups excluding carboxylic acids is 1. The van der Waals surface area contributed by atoms with Gasteiger partial charge in [-0.05, 0) is 43.0 Å². The van der Waals surface area contributed by atoms with Crippen LogP contribution in [0, 0.1) is 5.92 Å². The second-order valence-corrected chi connectivity index (χ2v) is 4.65. The molecule has 1 amide bonds. The van der Waals surface area contributed by atoms with Crippen molar-refractivity contribution in [3.05, 3.63) is 34.9 Å². The van der Waals surface area contributed by atoms with Gasteiger partial charge in [0.2, 0.25) is 0 Å². The number of carbonyl (C=O) groups is 1. The molecule has 4 heteroatoms. The summed E-state index contributed by atoms with van der Waals surface area (Å²) in [5, 5.41) is 3.46. The van der Waals surface area contributed by atoms with Crippen LogP contribution in [0.25, 0.3) is 0 Å². The predicted octanol–water partition coefficient (Wildman–Crippen LogP) is 1.81. The SMILES string of the molecule is NC(CNC(=O)c1ccc(Cl)cc1)C1CC1. The third kappa shape index (κ3) is 2.97. The fourth-order valence-corrected chi connectivity index (χ4v) is 1.73. The van der Waals surface area contributed by atoms with Gasteiger partial charge in [0.15, 0.2) is 0 Å². The molecule has 1 aliphatic carbocycles. The van der Waals surface area contributed by atoms with E-state index in [9.17, 15) is 4.79 Å². The fraction of sp³-hybridized carbons (Fsp3) is 0.417. The molecule has 0 saturated heterocycles. The number of amides is 1. The highest BCUT2D eigenvalue weighted by molar-refractivity contribution is 6.30. The first-order valence-corrected chi connectivity index (χ1v) is 5.84. The van der Waals surface area contributed by atoms with Gasteiger partial charge in [-0.1, -0.05) is 11.6 Å². The normalized spacial score (nSPS) is 16.9. The number of rotatable bonds is 4. The van der Waals surface area contributed by atoms with E-state index in [1.54, 1.807) is 24.3 Å². The Morgan fingerprint density at radius 1 is 1.44 bits per heavy atom. The first kappa shape index (κ1) is 11.4. The summed E-state index contributed by atoms with van der Waals surface area (Å²) in [6.45, 7) is 0.548. The van der Waals surface area contributed by atoms with E-state index in [0.717, 1.165) is 0 Å². The molecule has 2 rings (SSSR count). The van der Waals surface area contributed by atoms with E-state index in [-0.39, 0.29) is 11.9 Å². The zero-order valence-electron chi connectivity index (χ0n) is 8.95. The zero-order valence-corrected chi connectivity index (χ0v) is 9.70. The topological polar surface area (TPSA) is 55.1 Å². The molecule has 1 aromatic rings.